The first-order chi connectivity index (χ1) is 10.1. The molecule has 21 heavy (non-hydrogen) atoms. The summed E-state index contributed by atoms with van der Waals surface area (Å²) < 4.78 is 0. The van der Waals surface area contributed by atoms with Crippen molar-refractivity contribution in [2.45, 2.75) is 13.0 Å². The van der Waals surface area contributed by atoms with Gasteiger partial charge in [-0.15, -0.1) is 0 Å². The third-order valence-corrected chi connectivity index (χ3v) is 3.14. The molecule has 0 heterocycles. The molecule has 0 aliphatic heterocycles. The molecule has 0 bridgehead atoms. The quantitative estimate of drug-likeness (QED) is 0.912. The lowest BCUT2D eigenvalue weighted by molar-refractivity contribution is -0.117. The van der Waals surface area contributed by atoms with Crippen molar-refractivity contribution in [1.82, 2.24) is 5.32 Å². The highest BCUT2D eigenvalue weighted by molar-refractivity contribution is 6.30. The van der Waals surface area contributed by atoms with Gasteiger partial charge in [-0.25, -0.2) is 0 Å². The molecule has 2 amide bonds. The SMILES string of the molecule is CC(NC(=O)c1ccccc1)C(=O)Nc1ccc(Cl)cc1. The number of hydrogen-bond acceptors (Lipinski definition) is 2. The number of nitrogens with one attached hydrogen (secondary N) is 2. The number of amides is 2. The molecule has 0 aromatic heterocycles. The Bertz CT molecular complexity index is 626. The van der Waals surface area contributed by atoms with Gasteiger partial charge in [-0.1, -0.05) is 29.8 Å². The van der Waals surface area contributed by atoms with Gasteiger partial charge in [0.2, 0.25) is 5.91 Å². The lowest BCUT2D eigenvalue weighted by Crippen LogP contribution is -2.41. The second-order valence-corrected chi connectivity index (χ2v) is 4.99. The molecule has 108 valence electrons. The number of hydrogen-bond donors (Lipinski definition) is 2. The Kier molecular flexibility index (Phi) is 4.95. The van der Waals surface area contributed by atoms with Crippen LogP contribution in [0.1, 0.15) is 17.3 Å². The van der Waals surface area contributed by atoms with Gasteiger partial charge in [0.15, 0.2) is 0 Å². The van der Waals surface area contributed by atoms with Crippen molar-refractivity contribution < 1.29 is 9.59 Å². The van der Waals surface area contributed by atoms with Crippen LogP contribution in [-0.4, -0.2) is 17.9 Å². The van der Waals surface area contributed by atoms with Crippen molar-refractivity contribution in [1.29, 1.82) is 0 Å². The second-order valence-electron chi connectivity index (χ2n) is 4.56. The molecule has 0 aliphatic carbocycles. The maximum atomic E-state index is 12.0. The summed E-state index contributed by atoms with van der Waals surface area (Å²) >= 11 is 5.78. The maximum absolute atomic E-state index is 12.0. The monoisotopic (exact) mass is 302 g/mol. The van der Waals surface area contributed by atoms with Gasteiger partial charge in [-0.3, -0.25) is 9.59 Å². The predicted molar refractivity (Wildman–Crippen MR) is 83.5 cm³/mol. The third kappa shape index (κ3) is 4.33. The maximum Gasteiger partial charge on any atom is 0.251 e. The molecule has 1 unspecified atom stereocenters. The average Bonchev–Trinajstić information content (AvgIpc) is 2.50. The minimum Gasteiger partial charge on any atom is -0.341 e. The molecular formula is C16H15ClN2O2. The summed E-state index contributed by atoms with van der Waals surface area (Å²) in [6.07, 6.45) is 0. The number of carbonyl (C=O) groups excluding carboxylic acids is 2. The van der Waals surface area contributed by atoms with Crippen molar-refractivity contribution in [3.05, 3.63) is 65.2 Å². The van der Waals surface area contributed by atoms with Crippen LogP contribution in [0, 0.1) is 0 Å². The van der Waals surface area contributed by atoms with E-state index in [0.29, 0.717) is 16.3 Å². The predicted octanol–water partition coefficient (Wildman–Crippen LogP) is 3.10. The standard InChI is InChI=1S/C16H15ClN2O2/c1-11(18-16(21)12-5-3-2-4-6-12)15(20)19-14-9-7-13(17)8-10-14/h2-11H,1H3,(H,18,21)(H,19,20). The minimum absolute atomic E-state index is 0.283. The van der Waals surface area contributed by atoms with Crippen LogP contribution in [0.5, 0.6) is 0 Å². The van der Waals surface area contributed by atoms with Crippen molar-refractivity contribution in [3.8, 4) is 0 Å². The van der Waals surface area contributed by atoms with Gasteiger partial charge in [-0.05, 0) is 43.3 Å². The summed E-state index contributed by atoms with van der Waals surface area (Å²) in [7, 11) is 0. The van der Waals surface area contributed by atoms with Gasteiger partial charge in [0, 0.05) is 16.3 Å². The zero-order valence-electron chi connectivity index (χ0n) is 11.5. The van der Waals surface area contributed by atoms with Crippen LogP contribution in [-0.2, 0) is 4.79 Å². The van der Waals surface area contributed by atoms with Gasteiger partial charge >= 0.3 is 0 Å². The molecular weight excluding hydrogens is 288 g/mol. The van der Waals surface area contributed by atoms with E-state index in [9.17, 15) is 9.59 Å². The van der Waals surface area contributed by atoms with Crippen LogP contribution < -0.4 is 10.6 Å². The molecule has 4 nitrogen and oxygen atoms in total. The number of halogens is 1. The molecule has 0 aliphatic rings. The van der Waals surface area contributed by atoms with E-state index in [1.165, 1.54) is 0 Å². The number of anilines is 1. The fourth-order valence-electron chi connectivity index (χ4n) is 1.72. The topological polar surface area (TPSA) is 58.2 Å². The van der Waals surface area contributed by atoms with Gasteiger partial charge < -0.3 is 10.6 Å². The number of benzene rings is 2. The van der Waals surface area contributed by atoms with Crippen LogP contribution in [0.25, 0.3) is 0 Å². The molecule has 0 saturated heterocycles. The van der Waals surface area contributed by atoms with Crippen LogP contribution in [0.15, 0.2) is 54.6 Å². The van der Waals surface area contributed by atoms with E-state index in [2.05, 4.69) is 10.6 Å². The molecule has 0 saturated carbocycles. The summed E-state index contributed by atoms with van der Waals surface area (Å²) in [6, 6.07) is 14.9. The first-order valence-electron chi connectivity index (χ1n) is 6.48. The average molecular weight is 303 g/mol. The van der Waals surface area contributed by atoms with E-state index < -0.39 is 6.04 Å². The first-order valence-corrected chi connectivity index (χ1v) is 6.86. The van der Waals surface area contributed by atoms with Crippen molar-refractivity contribution >= 4 is 29.1 Å². The highest BCUT2D eigenvalue weighted by Gasteiger charge is 2.16. The van der Waals surface area contributed by atoms with Gasteiger partial charge in [0.1, 0.15) is 6.04 Å². The lowest BCUT2D eigenvalue weighted by Gasteiger charge is -2.14. The van der Waals surface area contributed by atoms with Crippen LogP contribution in [0.4, 0.5) is 5.69 Å². The molecule has 0 radical (unpaired) electrons. The Morgan fingerprint density at radius 3 is 2.24 bits per heavy atom. The Hall–Kier alpha value is -2.33. The molecule has 2 aromatic carbocycles. The van der Waals surface area contributed by atoms with Crippen molar-refractivity contribution in [3.63, 3.8) is 0 Å². The van der Waals surface area contributed by atoms with E-state index in [-0.39, 0.29) is 11.8 Å². The zero-order chi connectivity index (χ0) is 15.2. The summed E-state index contributed by atoms with van der Waals surface area (Å²) in [5, 5.41) is 5.96. The molecule has 2 N–H and O–H groups in total. The van der Waals surface area contributed by atoms with E-state index in [0.717, 1.165) is 0 Å². The summed E-state index contributed by atoms with van der Waals surface area (Å²) in [6.45, 7) is 1.63. The summed E-state index contributed by atoms with van der Waals surface area (Å²) in [5.41, 5.74) is 1.15. The second kappa shape index (κ2) is 6.90. The summed E-state index contributed by atoms with van der Waals surface area (Å²) in [4.78, 5) is 24.0. The molecule has 0 fully saturated rings. The van der Waals surface area contributed by atoms with Crippen LogP contribution >= 0.6 is 11.6 Å². The minimum atomic E-state index is -0.645. The number of rotatable bonds is 4. The zero-order valence-corrected chi connectivity index (χ0v) is 12.2. The smallest absolute Gasteiger partial charge is 0.251 e. The first kappa shape index (κ1) is 15.1. The van der Waals surface area contributed by atoms with Crippen molar-refractivity contribution in [2.24, 2.45) is 0 Å². The normalized spacial score (nSPS) is 11.5. The largest absolute Gasteiger partial charge is 0.341 e. The van der Waals surface area contributed by atoms with Gasteiger partial charge in [0.05, 0.1) is 0 Å². The summed E-state index contributed by atoms with van der Waals surface area (Å²) in [5.74, 6) is -0.573. The third-order valence-electron chi connectivity index (χ3n) is 2.89. The van der Waals surface area contributed by atoms with Gasteiger partial charge in [-0.2, -0.15) is 0 Å². The highest BCUT2D eigenvalue weighted by atomic mass is 35.5. The fourth-order valence-corrected chi connectivity index (χ4v) is 1.84. The number of carbonyl (C=O) groups is 2. The molecule has 2 rings (SSSR count). The highest BCUT2D eigenvalue weighted by Crippen LogP contribution is 2.13. The van der Waals surface area contributed by atoms with E-state index in [1.807, 2.05) is 6.07 Å². The Morgan fingerprint density at radius 1 is 1.00 bits per heavy atom. The lowest BCUT2D eigenvalue weighted by atomic mass is 10.2. The van der Waals surface area contributed by atoms with Crippen molar-refractivity contribution in [2.75, 3.05) is 5.32 Å². The van der Waals surface area contributed by atoms with Gasteiger partial charge in [0.25, 0.3) is 5.91 Å². The molecule has 5 heteroatoms. The van der Waals surface area contributed by atoms with E-state index >= 15 is 0 Å². The fraction of sp³-hybridized carbons (Fsp3) is 0.125. The Morgan fingerprint density at radius 2 is 1.62 bits per heavy atom. The Balaban J connectivity index is 1.93. The molecule has 2 aromatic rings. The molecule has 1 atom stereocenters. The van der Waals surface area contributed by atoms with Crippen LogP contribution in [0.2, 0.25) is 5.02 Å². The van der Waals surface area contributed by atoms with E-state index in [1.54, 1.807) is 55.5 Å². The Labute approximate surface area is 128 Å². The van der Waals surface area contributed by atoms with E-state index in [4.69, 9.17) is 11.6 Å². The van der Waals surface area contributed by atoms with Crippen LogP contribution in [0.3, 0.4) is 0 Å². The molecule has 0 spiro atoms.